The molecule has 0 spiro atoms. The highest BCUT2D eigenvalue weighted by molar-refractivity contribution is 6.00. The minimum Gasteiger partial charge on any atom is -0.459 e. The Morgan fingerprint density at radius 3 is 1.29 bits per heavy atom. The monoisotopic (exact) mass is 1300 g/mol. The number of esters is 1. The van der Waals surface area contributed by atoms with E-state index in [1.807, 2.05) is 47.6 Å². The number of hydrogen-bond donors (Lipinski definition) is 4. The number of ether oxygens (including phenoxy) is 2. The third kappa shape index (κ3) is 22.5. The highest BCUT2D eigenvalue weighted by atomic mass is 16.5. The van der Waals surface area contributed by atoms with Crippen molar-refractivity contribution in [2.45, 2.75) is 236 Å². The zero-order valence-electron chi connectivity index (χ0n) is 60.8. The molecule has 0 unspecified atom stereocenters. The first-order valence-electron chi connectivity index (χ1n) is 32.9. The van der Waals surface area contributed by atoms with E-state index in [1.165, 1.54) is 107 Å². The van der Waals surface area contributed by atoms with Crippen LogP contribution in [0, 0.1) is 47.3 Å². The van der Waals surface area contributed by atoms with Crippen LogP contribution >= 0.6 is 0 Å². The summed E-state index contributed by atoms with van der Waals surface area (Å²) in [4.78, 5) is 186. The lowest BCUT2D eigenvalue weighted by Crippen LogP contribution is -2.64. The number of carbonyl (C=O) groups excluding carboxylic acids is 12. The van der Waals surface area contributed by atoms with E-state index in [0.29, 0.717) is 0 Å². The average molecular weight is 1300 g/mol. The van der Waals surface area contributed by atoms with Gasteiger partial charge in [0.25, 0.3) is 0 Å². The number of hydrogen-bond acceptors (Lipinski definition) is 14. The Labute approximate surface area is 550 Å². The van der Waals surface area contributed by atoms with Gasteiger partial charge in [-0.25, -0.2) is 0 Å². The van der Waals surface area contributed by atoms with E-state index in [0.717, 1.165) is 4.90 Å². The normalized spacial score (nSPS) is 26.9. The molecule has 526 valence electrons. The van der Waals surface area contributed by atoms with Gasteiger partial charge in [-0.1, -0.05) is 116 Å². The van der Waals surface area contributed by atoms with Gasteiger partial charge in [-0.05, 0) is 94.3 Å². The van der Waals surface area contributed by atoms with Gasteiger partial charge in [0, 0.05) is 69.3 Å². The van der Waals surface area contributed by atoms with Crippen molar-refractivity contribution in [1.82, 2.24) is 55.6 Å². The first-order chi connectivity index (χ1) is 42.5. The van der Waals surface area contributed by atoms with Crippen LogP contribution in [0.3, 0.4) is 0 Å². The van der Waals surface area contributed by atoms with Gasteiger partial charge in [0.15, 0.2) is 0 Å². The zero-order valence-corrected chi connectivity index (χ0v) is 60.8. The lowest BCUT2D eigenvalue weighted by atomic mass is 9.91. The Hall–Kier alpha value is -6.66. The van der Waals surface area contributed by atoms with Crippen molar-refractivity contribution in [2.24, 2.45) is 47.3 Å². The fraction of sp³-hybridized carbons (Fsp3) is 0.791. The van der Waals surface area contributed by atoms with Gasteiger partial charge in [-0.15, -0.1) is 0 Å². The van der Waals surface area contributed by atoms with Crippen molar-refractivity contribution in [3.8, 4) is 0 Å². The Balaban J connectivity index is 4.60. The van der Waals surface area contributed by atoms with Crippen LogP contribution in [0.25, 0.3) is 0 Å². The van der Waals surface area contributed by atoms with Crippen molar-refractivity contribution < 1.29 is 67.0 Å². The number of rotatable bonds is 18. The van der Waals surface area contributed by atoms with E-state index in [-0.39, 0.29) is 56.5 Å². The summed E-state index contributed by atoms with van der Waals surface area (Å²) >= 11 is 0. The highest BCUT2D eigenvalue weighted by Crippen LogP contribution is 2.28. The van der Waals surface area contributed by atoms with Crippen LogP contribution in [0.5, 0.6) is 0 Å². The van der Waals surface area contributed by atoms with Crippen LogP contribution in [-0.4, -0.2) is 241 Å². The summed E-state index contributed by atoms with van der Waals surface area (Å²) in [6.07, 6.45) is 2.91. The van der Waals surface area contributed by atoms with Gasteiger partial charge in [0.05, 0.1) is 6.61 Å². The average Bonchev–Trinajstić information content (AvgIpc) is 0.861. The summed E-state index contributed by atoms with van der Waals surface area (Å²) in [6.45, 7) is 32.4. The zero-order chi connectivity index (χ0) is 71.4. The molecule has 1 saturated heterocycles. The van der Waals surface area contributed by atoms with Crippen LogP contribution in [0.2, 0.25) is 0 Å². The fourth-order valence-electron chi connectivity index (χ4n) is 12.1. The second-order valence-corrected chi connectivity index (χ2v) is 27.8. The van der Waals surface area contributed by atoms with Crippen LogP contribution in [0.1, 0.15) is 164 Å². The van der Waals surface area contributed by atoms with Crippen molar-refractivity contribution in [2.75, 3.05) is 63.1 Å². The summed E-state index contributed by atoms with van der Waals surface area (Å²) in [6, 6.07) is -14.1. The molecule has 0 aromatic heterocycles. The largest absolute Gasteiger partial charge is 0.459 e. The maximum absolute atomic E-state index is 15.5. The van der Waals surface area contributed by atoms with E-state index in [2.05, 4.69) is 21.3 Å². The second-order valence-electron chi connectivity index (χ2n) is 27.8. The van der Waals surface area contributed by atoms with E-state index in [1.54, 1.807) is 75.3 Å². The number of allylic oxidation sites excluding steroid dienone is 2. The summed E-state index contributed by atoms with van der Waals surface area (Å²) < 4.78 is 11.5. The van der Waals surface area contributed by atoms with E-state index < -0.39 is 173 Å². The predicted molar refractivity (Wildman–Crippen MR) is 353 cm³/mol. The quantitative estimate of drug-likeness (QED) is 0.111. The minimum absolute atomic E-state index is 0.0222. The van der Waals surface area contributed by atoms with E-state index in [9.17, 15) is 28.8 Å². The molecular weight excluding hydrogens is 1180 g/mol. The Kier molecular flexibility index (Phi) is 34.3. The van der Waals surface area contributed by atoms with Crippen LogP contribution in [0.15, 0.2) is 12.2 Å². The molecule has 4 N–H and O–H groups in total. The molecular formula is C67H119N11O14. The predicted octanol–water partition coefficient (Wildman–Crippen LogP) is 4.10. The summed E-state index contributed by atoms with van der Waals surface area (Å²) in [7, 11) is 11.4. The molecule has 1 aliphatic heterocycles. The molecule has 0 radical (unpaired) electrons. The molecule has 0 bridgehead atoms. The van der Waals surface area contributed by atoms with Crippen molar-refractivity contribution in [3.63, 3.8) is 0 Å². The molecule has 1 heterocycles. The SMILES string of the molecule is C/C=C/C[C@@H](C)[C@@H](OC(C)=O)[C@H]1C(=O)N[C@@H](CC)C(=O)N(C)[C@H](C(C)C)C(=O)N(C)[C@@H]([C@H](C)COC)C(=O)N[C@@H](C(C)C)C(=O)N(C)[C@@H](CC(C)C)C(=O)N[C@@H](C)C(=O)N[C@H](C)C(=O)N(C)[C@@H](CC(C)C)C(=O)N(C)[C@@H](CC(C)C)C(=O)N(C)[C@@H](C(C)C)C(=O)N1C. The molecule has 25 nitrogen and oxygen atoms in total. The second kappa shape index (κ2) is 37.9. The topological polar surface area (TPSA) is 294 Å². The smallest absolute Gasteiger partial charge is 0.303 e. The van der Waals surface area contributed by atoms with Crippen molar-refractivity contribution >= 4 is 70.9 Å². The molecule has 92 heavy (non-hydrogen) atoms. The molecule has 0 aromatic carbocycles. The van der Waals surface area contributed by atoms with Gasteiger partial charge >= 0.3 is 5.97 Å². The molecule has 14 atom stereocenters. The summed E-state index contributed by atoms with van der Waals surface area (Å²) in [5, 5.41) is 11.1. The lowest BCUT2D eigenvalue weighted by Gasteiger charge is -2.42. The van der Waals surface area contributed by atoms with E-state index >= 15 is 28.8 Å². The van der Waals surface area contributed by atoms with Gasteiger partial charge in [0.2, 0.25) is 65.0 Å². The number of carbonyl (C=O) groups is 12. The molecule has 1 rings (SSSR count). The first kappa shape index (κ1) is 83.4. The molecule has 1 aliphatic rings. The Morgan fingerprint density at radius 1 is 0.467 bits per heavy atom. The minimum atomic E-state index is -1.63. The van der Waals surface area contributed by atoms with Crippen LogP contribution in [0.4, 0.5) is 0 Å². The van der Waals surface area contributed by atoms with Gasteiger partial charge < -0.3 is 65.0 Å². The number of likely N-dealkylation sites (N-methyl/N-ethyl adjacent to an activating group) is 7. The maximum atomic E-state index is 15.5. The number of nitrogens with zero attached hydrogens (tertiary/aromatic N) is 7. The molecule has 0 saturated carbocycles. The fourth-order valence-corrected chi connectivity index (χ4v) is 12.1. The summed E-state index contributed by atoms with van der Waals surface area (Å²) in [5.74, 6) is -12.1. The number of methoxy groups -OCH3 is 1. The summed E-state index contributed by atoms with van der Waals surface area (Å²) in [5.41, 5.74) is 0. The Morgan fingerprint density at radius 2 is 0.870 bits per heavy atom. The Bertz CT molecular complexity index is 2560. The van der Waals surface area contributed by atoms with Crippen molar-refractivity contribution in [3.05, 3.63) is 12.2 Å². The standard InChI is InChI=1S/C67H119N11O14/c1-28-30-31-42(15)56(92-46(19)79)55-60(83)70-47(29-2)62(85)75(23)52(40(11)12)66(89)77(25)54(43(16)35-91-27)59(82)71-51(39(9)10)65(88)72(20)48(32-36(3)4)58(81)68-44(17)57(80)69-45(18)61(84)73(21)49(33-37(5)6)63(86)74(22)50(34-38(7)8)64(87)76(24)53(41(13)14)67(90)78(55)26/h28,30,36-45,47-56H,29,31-35H2,1-27H3,(H,68,81)(H,69,80)(H,70,83)(H,71,82)/b30-28+/t42-,43-,44+,45-,47+,48+,49+,50+,51+,52-,53+,54+,55+,56-/m1/s1. The third-order valence-corrected chi connectivity index (χ3v) is 17.4. The third-order valence-electron chi connectivity index (χ3n) is 17.4. The number of amides is 11. The van der Waals surface area contributed by atoms with Gasteiger partial charge in [0.1, 0.15) is 72.6 Å². The van der Waals surface area contributed by atoms with E-state index in [4.69, 9.17) is 9.47 Å². The van der Waals surface area contributed by atoms with Gasteiger partial charge in [-0.2, -0.15) is 0 Å². The molecule has 0 aromatic rings. The van der Waals surface area contributed by atoms with Crippen LogP contribution in [-0.2, 0) is 67.0 Å². The lowest BCUT2D eigenvalue weighted by molar-refractivity contribution is -0.164. The van der Waals surface area contributed by atoms with Crippen LogP contribution < -0.4 is 21.3 Å². The molecule has 1 fully saturated rings. The van der Waals surface area contributed by atoms with Gasteiger partial charge in [-0.3, -0.25) is 57.5 Å². The number of nitrogens with one attached hydrogen (secondary N) is 4. The maximum Gasteiger partial charge on any atom is 0.303 e. The molecule has 25 heteroatoms. The van der Waals surface area contributed by atoms with Crippen molar-refractivity contribution in [1.29, 1.82) is 0 Å². The highest BCUT2D eigenvalue weighted by Gasteiger charge is 2.48. The molecule has 0 aliphatic carbocycles. The molecule has 11 amide bonds. The first-order valence-corrected chi connectivity index (χ1v) is 32.9.